The molecule has 0 unspecified atom stereocenters. The summed E-state index contributed by atoms with van der Waals surface area (Å²) >= 11 is 0. The van der Waals surface area contributed by atoms with Crippen molar-refractivity contribution in [1.29, 1.82) is 0 Å². The Hall–Kier alpha value is -3.11. The lowest BCUT2D eigenvalue weighted by atomic mass is 10.1. The molecule has 4 aromatic rings. The Morgan fingerprint density at radius 1 is 0.880 bits per heavy atom. The molecule has 0 amide bonds. The first-order valence-electron chi connectivity index (χ1n) is 8.17. The van der Waals surface area contributed by atoms with Gasteiger partial charge in [0.15, 0.2) is 11.6 Å². The molecule has 2 N–H and O–H groups in total. The Labute approximate surface area is 145 Å². The van der Waals surface area contributed by atoms with Crippen LogP contribution in [0.25, 0.3) is 34.2 Å². The molecule has 0 radical (unpaired) electrons. The van der Waals surface area contributed by atoms with E-state index in [9.17, 15) is 0 Å². The topological polar surface area (TPSA) is 62.0 Å². The highest BCUT2D eigenvalue weighted by atomic mass is 16.3. The molecule has 0 aliphatic rings. The molecule has 2 aromatic heterocycles. The second kappa shape index (κ2) is 6.42. The van der Waals surface area contributed by atoms with Crippen molar-refractivity contribution in [1.82, 2.24) is 9.97 Å². The highest BCUT2D eigenvalue weighted by Crippen LogP contribution is 2.30. The summed E-state index contributed by atoms with van der Waals surface area (Å²) in [6.45, 7) is 2.05. The summed E-state index contributed by atoms with van der Waals surface area (Å²) in [7, 11) is 0. The average molecular weight is 330 g/mol. The molecule has 0 aliphatic carbocycles. The molecule has 0 saturated carbocycles. The van der Waals surface area contributed by atoms with Crippen LogP contribution in [0.5, 0.6) is 0 Å². The monoisotopic (exact) mass is 330 g/mol. The van der Waals surface area contributed by atoms with Gasteiger partial charge in [-0.05, 0) is 24.6 Å². The molecule has 4 heteroatoms. The highest BCUT2D eigenvalue weighted by molar-refractivity contribution is 5.67. The van der Waals surface area contributed by atoms with Crippen LogP contribution in [0.3, 0.4) is 0 Å². The summed E-state index contributed by atoms with van der Waals surface area (Å²) in [5.41, 5.74) is 4.86. The number of nitrogens with zero attached hydrogens (tertiary/aromatic N) is 1. The van der Waals surface area contributed by atoms with Crippen LogP contribution in [0.4, 0.5) is 0 Å². The van der Waals surface area contributed by atoms with Crippen LogP contribution in [0.1, 0.15) is 11.3 Å². The van der Waals surface area contributed by atoms with Gasteiger partial charge in [0, 0.05) is 16.8 Å². The summed E-state index contributed by atoms with van der Waals surface area (Å²) in [5, 5.41) is 9.14. The Bertz CT molecular complexity index is 982. The van der Waals surface area contributed by atoms with E-state index in [0.717, 1.165) is 39.7 Å². The van der Waals surface area contributed by atoms with Crippen molar-refractivity contribution in [3.8, 4) is 34.2 Å². The summed E-state index contributed by atoms with van der Waals surface area (Å²) < 4.78 is 5.98. The van der Waals surface area contributed by atoms with Gasteiger partial charge >= 0.3 is 0 Å². The first kappa shape index (κ1) is 15.4. The molecule has 4 rings (SSSR count). The Morgan fingerprint density at radius 3 is 2.32 bits per heavy atom. The number of furan rings is 1. The largest absolute Gasteiger partial charge is 0.453 e. The SMILES string of the molecule is Cc1[nH]c(-c2ccc(-c3ccc(CO)cc3)o2)nc1-c1ccccc1. The number of aromatic nitrogens is 2. The summed E-state index contributed by atoms with van der Waals surface area (Å²) in [5.74, 6) is 2.19. The molecule has 0 atom stereocenters. The van der Waals surface area contributed by atoms with Crippen LogP contribution >= 0.6 is 0 Å². The van der Waals surface area contributed by atoms with E-state index in [-0.39, 0.29) is 6.61 Å². The maximum Gasteiger partial charge on any atom is 0.174 e. The number of hydrogen-bond donors (Lipinski definition) is 2. The number of hydrogen-bond acceptors (Lipinski definition) is 3. The lowest BCUT2D eigenvalue weighted by molar-refractivity contribution is 0.282. The number of nitrogens with one attached hydrogen (secondary N) is 1. The number of aryl methyl sites for hydroxylation is 1. The number of aliphatic hydroxyl groups is 1. The molecule has 2 aromatic carbocycles. The fourth-order valence-corrected chi connectivity index (χ4v) is 2.85. The van der Waals surface area contributed by atoms with E-state index in [2.05, 4.69) is 4.98 Å². The first-order valence-corrected chi connectivity index (χ1v) is 8.17. The first-order chi connectivity index (χ1) is 12.2. The zero-order valence-electron chi connectivity index (χ0n) is 13.9. The van der Waals surface area contributed by atoms with Crippen LogP contribution in [0.2, 0.25) is 0 Å². The molecule has 124 valence electrons. The van der Waals surface area contributed by atoms with Crippen molar-refractivity contribution < 1.29 is 9.52 Å². The van der Waals surface area contributed by atoms with Gasteiger partial charge in [-0.3, -0.25) is 0 Å². The fourth-order valence-electron chi connectivity index (χ4n) is 2.85. The lowest BCUT2D eigenvalue weighted by Gasteiger charge is -1.99. The van der Waals surface area contributed by atoms with Gasteiger partial charge in [0.2, 0.25) is 0 Å². The second-order valence-electron chi connectivity index (χ2n) is 5.94. The fraction of sp³-hybridized carbons (Fsp3) is 0.0952. The molecule has 25 heavy (non-hydrogen) atoms. The maximum absolute atomic E-state index is 9.14. The standard InChI is InChI=1S/C21H18N2O2/c1-14-20(17-5-3-2-4-6-17)23-21(22-14)19-12-11-18(25-19)16-9-7-15(13-24)8-10-16/h2-12,24H,13H2,1H3,(H,22,23). The van der Waals surface area contributed by atoms with Crippen molar-refractivity contribution in [2.75, 3.05) is 0 Å². The molecule has 0 fully saturated rings. The third-order valence-electron chi connectivity index (χ3n) is 4.19. The van der Waals surface area contributed by atoms with Crippen molar-refractivity contribution in [2.24, 2.45) is 0 Å². The molecule has 2 heterocycles. The third kappa shape index (κ3) is 2.99. The van der Waals surface area contributed by atoms with Crippen LogP contribution < -0.4 is 0 Å². The molecule has 4 nitrogen and oxygen atoms in total. The predicted molar refractivity (Wildman–Crippen MR) is 97.8 cm³/mol. The van der Waals surface area contributed by atoms with E-state index in [1.807, 2.05) is 73.7 Å². The van der Waals surface area contributed by atoms with E-state index in [1.165, 1.54) is 0 Å². The minimum atomic E-state index is 0.0393. The summed E-state index contributed by atoms with van der Waals surface area (Å²) in [4.78, 5) is 8.01. The minimum absolute atomic E-state index is 0.0393. The second-order valence-corrected chi connectivity index (χ2v) is 5.94. The molecule has 0 bridgehead atoms. The smallest absolute Gasteiger partial charge is 0.174 e. The highest BCUT2D eigenvalue weighted by Gasteiger charge is 2.14. The number of aliphatic hydroxyl groups excluding tert-OH is 1. The van der Waals surface area contributed by atoms with Gasteiger partial charge in [-0.1, -0.05) is 54.6 Å². The third-order valence-corrected chi connectivity index (χ3v) is 4.19. The van der Waals surface area contributed by atoms with Crippen molar-refractivity contribution >= 4 is 0 Å². The summed E-state index contributed by atoms with van der Waals surface area (Å²) in [6.07, 6.45) is 0. The lowest BCUT2D eigenvalue weighted by Crippen LogP contribution is -1.82. The molecular formula is C21H18N2O2. The van der Waals surface area contributed by atoms with Gasteiger partial charge in [0.1, 0.15) is 5.76 Å². The number of aromatic amines is 1. The Morgan fingerprint density at radius 2 is 1.60 bits per heavy atom. The number of benzene rings is 2. The molecule has 0 spiro atoms. The zero-order valence-corrected chi connectivity index (χ0v) is 13.9. The van der Waals surface area contributed by atoms with E-state index in [4.69, 9.17) is 14.5 Å². The van der Waals surface area contributed by atoms with Crippen LogP contribution in [0.15, 0.2) is 71.1 Å². The molecule has 0 aliphatic heterocycles. The Kier molecular flexibility index (Phi) is 3.96. The van der Waals surface area contributed by atoms with Crippen LogP contribution in [-0.2, 0) is 6.61 Å². The maximum atomic E-state index is 9.14. The van der Waals surface area contributed by atoms with Gasteiger partial charge in [0.25, 0.3) is 0 Å². The van der Waals surface area contributed by atoms with Gasteiger partial charge in [0.05, 0.1) is 12.3 Å². The van der Waals surface area contributed by atoms with Crippen molar-refractivity contribution in [3.05, 3.63) is 78.0 Å². The van der Waals surface area contributed by atoms with E-state index >= 15 is 0 Å². The predicted octanol–water partition coefficient (Wildman–Crippen LogP) is 4.80. The van der Waals surface area contributed by atoms with E-state index < -0.39 is 0 Å². The van der Waals surface area contributed by atoms with Crippen LogP contribution in [0, 0.1) is 6.92 Å². The number of rotatable bonds is 4. The van der Waals surface area contributed by atoms with Gasteiger partial charge in [-0.2, -0.15) is 0 Å². The summed E-state index contributed by atoms with van der Waals surface area (Å²) in [6, 6.07) is 21.6. The van der Waals surface area contributed by atoms with Gasteiger partial charge in [-0.25, -0.2) is 4.98 Å². The van der Waals surface area contributed by atoms with Crippen LogP contribution in [-0.4, -0.2) is 15.1 Å². The molecule has 0 saturated heterocycles. The quantitative estimate of drug-likeness (QED) is 0.565. The van der Waals surface area contributed by atoms with Crippen molar-refractivity contribution in [3.63, 3.8) is 0 Å². The minimum Gasteiger partial charge on any atom is -0.453 e. The number of imidazole rings is 1. The van der Waals surface area contributed by atoms with E-state index in [1.54, 1.807) is 0 Å². The van der Waals surface area contributed by atoms with Gasteiger partial charge < -0.3 is 14.5 Å². The number of H-pyrrole nitrogens is 1. The zero-order chi connectivity index (χ0) is 17.2. The van der Waals surface area contributed by atoms with Gasteiger partial charge in [-0.15, -0.1) is 0 Å². The average Bonchev–Trinajstić information content (AvgIpc) is 3.29. The Balaban J connectivity index is 1.66. The van der Waals surface area contributed by atoms with E-state index in [0.29, 0.717) is 5.76 Å². The normalized spacial score (nSPS) is 11.0. The molecular weight excluding hydrogens is 312 g/mol. The van der Waals surface area contributed by atoms with Crippen molar-refractivity contribution in [2.45, 2.75) is 13.5 Å².